The van der Waals surface area contributed by atoms with Gasteiger partial charge in [-0.1, -0.05) is 13.8 Å². The minimum Gasteiger partial charge on any atom is -0.384 e. The van der Waals surface area contributed by atoms with E-state index in [9.17, 15) is 0 Å². The second-order valence-corrected chi connectivity index (χ2v) is 4.77. The van der Waals surface area contributed by atoms with E-state index in [0.717, 1.165) is 29.9 Å². The molecule has 0 rings (SSSR count). The van der Waals surface area contributed by atoms with E-state index in [0.29, 0.717) is 0 Å². The maximum absolute atomic E-state index is 4.98. The largest absolute Gasteiger partial charge is 0.384 e. The molecule has 1 nitrogen and oxygen atoms in total. The second-order valence-electron chi connectivity index (χ2n) is 3.25. The van der Waals surface area contributed by atoms with Crippen LogP contribution in [-0.2, 0) is 4.74 Å². The number of hydrogen-bond donors (Lipinski definition) is 1. The van der Waals surface area contributed by atoms with Crippen molar-refractivity contribution in [2.24, 2.45) is 11.8 Å². The minimum absolute atomic E-state index is 0.746. The molecule has 0 saturated carbocycles. The third-order valence-electron chi connectivity index (χ3n) is 1.94. The third kappa shape index (κ3) is 6.21. The molecule has 0 N–H and O–H groups in total. The number of hydrogen-bond acceptors (Lipinski definition) is 3. The molecule has 0 aromatic heterocycles. The standard InChI is InChI=1S/C9H20OS2/c1-8(2)9(6-11)7-12-5-4-10-3/h8-9,11H,4-7H2,1-3H3. The van der Waals surface area contributed by atoms with Crippen LogP contribution in [0.5, 0.6) is 0 Å². The van der Waals surface area contributed by atoms with Gasteiger partial charge in [-0.2, -0.15) is 24.4 Å². The second kappa shape index (κ2) is 8.27. The number of thioether (sulfide) groups is 1. The van der Waals surface area contributed by atoms with Gasteiger partial charge in [-0.05, 0) is 23.3 Å². The highest BCUT2D eigenvalue weighted by atomic mass is 32.2. The lowest BCUT2D eigenvalue weighted by atomic mass is 10.0. The topological polar surface area (TPSA) is 9.23 Å². The van der Waals surface area contributed by atoms with Crippen molar-refractivity contribution in [1.29, 1.82) is 0 Å². The zero-order valence-corrected chi connectivity index (χ0v) is 9.96. The molecule has 0 saturated heterocycles. The summed E-state index contributed by atoms with van der Waals surface area (Å²) in [5, 5.41) is 0. The average molecular weight is 208 g/mol. The molecule has 0 fully saturated rings. The maximum atomic E-state index is 4.98. The van der Waals surface area contributed by atoms with E-state index in [-0.39, 0.29) is 0 Å². The molecule has 0 aliphatic rings. The molecule has 0 aromatic rings. The number of methoxy groups -OCH3 is 1. The molecule has 0 radical (unpaired) electrons. The van der Waals surface area contributed by atoms with Crippen molar-refractivity contribution < 1.29 is 4.74 Å². The summed E-state index contributed by atoms with van der Waals surface area (Å²) in [4.78, 5) is 0. The van der Waals surface area contributed by atoms with Gasteiger partial charge in [-0.15, -0.1) is 0 Å². The van der Waals surface area contributed by atoms with E-state index in [4.69, 9.17) is 4.74 Å². The summed E-state index contributed by atoms with van der Waals surface area (Å²) in [6.45, 7) is 5.39. The smallest absolute Gasteiger partial charge is 0.0552 e. The van der Waals surface area contributed by atoms with Crippen LogP contribution in [0.3, 0.4) is 0 Å². The van der Waals surface area contributed by atoms with E-state index in [1.54, 1.807) is 7.11 Å². The van der Waals surface area contributed by atoms with Crippen LogP contribution >= 0.6 is 24.4 Å². The number of ether oxygens (including phenoxy) is 1. The lowest BCUT2D eigenvalue weighted by Gasteiger charge is -2.17. The van der Waals surface area contributed by atoms with Gasteiger partial charge in [-0.25, -0.2) is 0 Å². The van der Waals surface area contributed by atoms with E-state index in [2.05, 4.69) is 26.5 Å². The quantitative estimate of drug-likeness (QED) is 0.509. The fraction of sp³-hybridized carbons (Fsp3) is 1.00. The highest BCUT2D eigenvalue weighted by Crippen LogP contribution is 2.18. The molecular formula is C9H20OS2. The van der Waals surface area contributed by atoms with Crippen molar-refractivity contribution in [3.63, 3.8) is 0 Å². The van der Waals surface area contributed by atoms with Crippen molar-refractivity contribution in [2.45, 2.75) is 13.8 Å². The molecular weight excluding hydrogens is 188 g/mol. The molecule has 0 aliphatic heterocycles. The van der Waals surface area contributed by atoms with Gasteiger partial charge < -0.3 is 4.74 Å². The SMILES string of the molecule is COCCSCC(CS)C(C)C. The first-order valence-corrected chi connectivity index (χ1v) is 6.18. The van der Waals surface area contributed by atoms with Crippen LogP contribution in [0, 0.1) is 11.8 Å². The molecule has 3 heteroatoms. The summed E-state index contributed by atoms with van der Waals surface area (Å²) in [6, 6.07) is 0. The van der Waals surface area contributed by atoms with Crippen LogP contribution in [-0.4, -0.2) is 31.0 Å². The third-order valence-corrected chi connectivity index (χ3v) is 3.53. The Morgan fingerprint density at radius 2 is 2.08 bits per heavy atom. The van der Waals surface area contributed by atoms with Gasteiger partial charge in [0.2, 0.25) is 0 Å². The van der Waals surface area contributed by atoms with Gasteiger partial charge >= 0.3 is 0 Å². The molecule has 12 heavy (non-hydrogen) atoms. The normalized spacial score (nSPS) is 13.8. The number of thiol groups is 1. The molecule has 0 bridgehead atoms. The highest BCUT2D eigenvalue weighted by molar-refractivity contribution is 7.99. The molecule has 0 aromatic carbocycles. The van der Waals surface area contributed by atoms with Gasteiger partial charge in [0.1, 0.15) is 0 Å². The number of rotatable bonds is 7. The van der Waals surface area contributed by atoms with E-state index in [1.807, 2.05) is 11.8 Å². The fourth-order valence-electron chi connectivity index (χ4n) is 0.833. The van der Waals surface area contributed by atoms with Crippen LogP contribution in [0.2, 0.25) is 0 Å². The molecule has 0 spiro atoms. The Morgan fingerprint density at radius 1 is 1.42 bits per heavy atom. The van der Waals surface area contributed by atoms with Crippen LogP contribution in [0.15, 0.2) is 0 Å². The van der Waals surface area contributed by atoms with E-state index >= 15 is 0 Å². The van der Waals surface area contributed by atoms with Crippen LogP contribution in [0.1, 0.15) is 13.8 Å². The lowest BCUT2D eigenvalue weighted by molar-refractivity contribution is 0.218. The molecule has 0 heterocycles. The molecule has 1 atom stereocenters. The van der Waals surface area contributed by atoms with Crippen molar-refractivity contribution in [2.75, 3.05) is 31.0 Å². The van der Waals surface area contributed by atoms with Crippen LogP contribution in [0.4, 0.5) is 0 Å². The van der Waals surface area contributed by atoms with Gasteiger partial charge in [-0.3, -0.25) is 0 Å². The molecule has 74 valence electrons. The predicted molar refractivity (Wildman–Crippen MR) is 61.4 cm³/mol. The Kier molecular flexibility index (Phi) is 8.72. The first-order chi connectivity index (χ1) is 5.72. The molecule has 0 aliphatic carbocycles. The summed E-state index contributed by atoms with van der Waals surface area (Å²) >= 11 is 6.30. The first kappa shape index (κ1) is 12.7. The van der Waals surface area contributed by atoms with Gasteiger partial charge in [0.25, 0.3) is 0 Å². The maximum Gasteiger partial charge on any atom is 0.0552 e. The van der Waals surface area contributed by atoms with E-state index in [1.165, 1.54) is 5.75 Å². The summed E-state index contributed by atoms with van der Waals surface area (Å²) in [5.41, 5.74) is 0. The summed E-state index contributed by atoms with van der Waals surface area (Å²) in [5.74, 6) is 4.81. The lowest BCUT2D eigenvalue weighted by Crippen LogP contribution is -2.14. The Morgan fingerprint density at radius 3 is 2.50 bits per heavy atom. The van der Waals surface area contributed by atoms with Gasteiger partial charge in [0.15, 0.2) is 0 Å². The van der Waals surface area contributed by atoms with E-state index < -0.39 is 0 Å². The van der Waals surface area contributed by atoms with Crippen LogP contribution in [0.25, 0.3) is 0 Å². The monoisotopic (exact) mass is 208 g/mol. The Balaban J connectivity index is 3.32. The molecule has 1 unspecified atom stereocenters. The molecule has 0 amide bonds. The fourth-order valence-corrected chi connectivity index (χ4v) is 2.82. The Bertz CT molecular complexity index is 96.5. The summed E-state index contributed by atoms with van der Waals surface area (Å²) < 4.78 is 4.98. The van der Waals surface area contributed by atoms with Crippen LogP contribution < -0.4 is 0 Å². The Hall–Kier alpha value is 0.660. The Labute approximate surface area is 86.1 Å². The van der Waals surface area contributed by atoms with Crippen molar-refractivity contribution >= 4 is 24.4 Å². The van der Waals surface area contributed by atoms with Gasteiger partial charge in [0.05, 0.1) is 6.61 Å². The van der Waals surface area contributed by atoms with Gasteiger partial charge in [0, 0.05) is 12.9 Å². The predicted octanol–water partition coefficient (Wildman–Crippen LogP) is 2.57. The zero-order valence-electron chi connectivity index (χ0n) is 8.25. The minimum atomic E-state index is 0.746. The average Bonchev–Trinajstić information content (AvgIpc) is 2.04. The summed E-state index contributed by atoms with van der Waals surface area (Å²) in [6.07, 6.45) is 0. The zero-order chi connectivity index (χ0) is 9.40. The van der Waals surface area contributed by atoms with Crippen molar-refractivity contribution in [3.8, 4) is 0 Å². The first-order valence-electron chi connectivity index (χ1n) is 4.40. The van der Waals surface area contributed by atoms with Crippen molar-refractivity contribution in [3.05, 3.63) is 0 Å². The summed E-state index contributed by atoms with van der Waals surface area (Å²) in [7, 11) is 1.75. The van der Waals surface area contributed by atoms with Crippen molar-refractivity contribution in [1.82, 2.24) is 0 Å². The highest BCUT2D eigenvalue weighted by Gasteiger charge is 2.10.